The van der Waals surface area contributed by atoms with Gasteiger partial charge >= 0.3 is 0 Å². The van der Waals surface area contributed by atoms with E-state index in [1.54, 1.807) is 0 Å². The molecule has 1 rings (SSSR count). The summed E-state index contributed by atoms with van der Waals surface area (Å²) in [6.07, 6.45) is 2.72. The molecule has 0 spiro atoms. The van der Waals surface area contributed by atoms with Gasteiger partial charge in [-0.25, -0.2) is 0 Å². The van der Waals surface area contributed by atoms with Crippen LogP contribution in [0.3, 0.4) is 0 Å². The highest BCUT2D eigenvalue weighted by Gasteiger charge is 2.33. The van der Waals surface area contributed by atoms with Crippen LogP contribution in [-0.4, -0.2) is 46.7 Å². The molecule has 0 radical (unpaired) electrons. The van der Waals surface area contributed by atoms with Gasteiger partial charge in [0, 0.05) is 12.6 Å². The van der Waals surface area contributed by atoms with E-state index in [9.17, 15) is 9.90 Å². The lowest BCUT2D eigenvalue weighted by atomic mass is 9.94. The van der Waals surface area contributed by atoms with Crippen molar-refractivity contribution in [1.82, 2.24) is 10.2 Å². The molecular weight excluding hydrogens is 216 g/mol. The Balaban J connectivity index is 2.51. The molecule has 2 N–H and O–H groups in total. The Kier molecular flexibility index (Phi) is 4.95. The molecule has 1 aliphatic rings. The Morgan fingerprint density at radius 3 is 2.71 bits per heavy atom. The number of hydrogen-bond donors (Lipinski definition) is 2. The SMILES string of the molecule is CCC(C)NC(=O)C(C)N1CCCC(C)(O)C1. The second-order valence-corrected chi connectivity index (χ2v) is 5.56. The van der Waals surface area contributed by atoms with Crippen LogP contribution in [0.4, 0.5) is 0 Å². The fourth-order valence-electron chi connectivity index (χ4n) is 2.22. The van der Waals surface area contributed by atoms with E-state index in [2.05, 4.69) is 17.1 Å². The zero-order valence-electron chi connectivity index (χ0n) is 11.5. The minimum absolute atomic E-state index is 0.0667. The van der Waals surface area contributed by atoms with Gasteiger partial charge in [0.05, 0.1) is 11.6 Å². The molecule has 1 aliphatic heterocycles. The second-order valence-electron chi connectivity index (χ2n) is 5.56. The van der Waals surface area contributed by atoms with E-state index >= 15 is 0 Å². The molecule has 1 fully saturated rings. The number of rotatable bonds is 4. The van der Waals surface area contributed by atoms with Gasteiger partial charge < -0.3 is 10.4 Å². The molecule has 1 heterocycles. The highest BCUT2D eigenvalue weighted by atomic mass is 16.3. The number of nitrogens with one attached hydrogen (secondary N) is 1. The third-order valence-electron chi connectivity index (χ3n) is 3.63. The first-order chi connectivity index (χ1) is 7.85. The second kappa shape index (κ2) is 5.83. The molecule has 3 unspecified atom stereocenters. The third-order valence-corrected chi connectivity index (χ3v) is 3.63. The summed E-state index contributed by atoms with van der Waals surface area (Å²) in [6.45, 7) is 9.31. The maximum Gasteiger partial charge on any atom is 0.237 e. The average Bonchev–Trinajstić information content (AvgIpc) is 2.26. The number of hydrogen-bond acceptors (Lipinski definition) is 3. The first-order valence-electron chi connectivity index (χ1n) is 6.62. The fraction of sp³-hybridized carbons (Fsp3) is 0.923. The molecule has 0 saturated carbocycles. The summed E-state index contributed by atoms with van der Waals surface area (Å²) >= 11 is 0. The number of carbonyl (C=O) groups is 1. The van der Waals surface area contributed by atoms with Crippen molar-refractivity contribution < 1.29 is 9.90 Å². The first-order valence-corrected chi connectivity index (χ1v) is 6.62. The van der Waals surface area contributed by atoms with Crippen LogP contribution in [0.5, 0.6) is 0 Å². The topological polar surface area (TPSA) is 52.6 Å². The largest absolute Gasteiger partial charge is 0.389 e. The molecule has 0 aromatic heterocycles. The van der Waals surface area contributed by atoms with Gasteiger partial charge in [-0.1, -0.05) is 6.92 Å². The minimum Gasteiger partial charge on any atom is -0.389 e. The summed E-state index contributed by atoms with van der Waals surface area (Å²) in [7, 11) is 0. The van der Waals surface area contributed by atoms with Crippen molar-refractivity contribution in [2.45, 2.75) is 64.6 Å². The zero-order valence-corrected chi connectivity index (χ0v) is 11.5. The van der Waals surface area contributed by atoms with Gasteiger partial charge in [0.15, 0.2) is 0 Å². The van der Waals surface area contributed by atoms with Crippen molar-refractivity contribution >= 4 is 5.91 Å². The van der Waals surface area contributed by atoms with E-state index in [-0.39, 0.29) is 18.0 Å². The summed E-state index contributed by atoms with van der Waals surface area (Å²) < 4.78 is 0. The Hall–Kier alpha value is -0.610. The van der Waals surface area contributed by atoms with E-state index in [1.165, 1.54) is 0 Å². The highest BCUT2D eigenvalue weighted by molar-refractivity contribution is 5.81. The normalized spacial score (nSPS) is 29.7. The van der Waals surface area contributed by atoms with Crippen molar-refractivity contribution in [2.75, 3.05) is 13.1 Å². The van der Waals surface area contributed by atoms with Crippen molar-refractivity contribution in [3.8, 4) is 0 Å². The van der Waals surface area contributed by atoms with Gasteiger partial charge in [-0.15, -0.1) is 0 Å². The van der Waals surface area contributed by atoms with Crippen LogP contribution in [0.2, 0.25) is 0 Å². The molecule has 0 bridgehead atoms. The Labute approximate surface area is 104 Å². The number of piperidine rings is 1. The zero-order chi connectivity index (χ0) is 13.1. The molecule has 17 heavy (non-hydrogen) atoms. The van der Waals surface area contributed by atoms with Crippen LogP contribution in [-0.2, 0) is 4.79 Å². The third kappa shape index (κ3) is 4.28. The van der Waals surface area contributed by atoms with Crippen molar-refractivity contribution in [3.63, 3.8) is 0 Å². The Morgan fingerprint density at radius 1 is 1.53 bits per heavy atom. The lowest BCUT2D eigenvalue weighted by Gasteiger charge is -2.39. The quantitative estimate of drug-likeness (QED) is 0.777. The smallest absolute Gasteiger partial charge is 0.237 e. The van der Waals surface area contributed by atoms with E-state index in [4.69, 9.17) is 0 Å². The Bertz CT molecular complexity index is 266. The summed E-state index contributed by atoms with van der Waals surface area (Å²) in [4.78, 5) is 14.1. The number of nitrogens with zero attached hydrogens (tertiary/aromatic N) is 1. The summed E-state index contributed by atoms with van der Waals surface area (Å²) in [5.74, 6) is 0.0667. The summed E-state index contributed by atoms with van der Waals surface area (Å²) in [5.41, 5.74) is -0.650. The van der Waals surface area contributed by atoms with Gasteiger partial charge in [0.2, 0.25) is 5.91 Å². The molecule has 1 amide bonds. The lowest BCUT2D eigenvalue weighted by molar-refractivity contribution is -0.129. The van der Waals surface area contributed by atoms with Gasteiger partial charge in [0.25, 0.3) is 0 Å². The molecule has 3 atom stereocenters. The predicted molar refractivity (Wildman–Crippen MR) is 68.8 cm³/mol. The van der Waals surface area contributed by atoms with Crippen LogP contribution >= 0.6 is 0 Å². The molecule has 0 aliphatic carbocycles. The summed E-state index contributed by atoms with van der Waals surface area (Å²) in [5, 5.41) is 13.0. The number of β-amino-alcohol motifs (C(OH)–C–C–N with tert-alkyl or cyclic N) is 1. The standard InChI is InChI=1S/C13H26N2O2/c1-5-10(2)14-12(16)11(3)15-8-6-7-13(4,17)9-15/h10-11,17H,5-9H2,1-4H3,(H,14,16). The first kappa shape index (κ1) is 14.5. The maximum absolute atomic E-state index is 12.0. The molecule has 1 saturated heterocycles. The van der Waals surface area contributed by atoms with Crippen LogP contribution in [0, 0.1) is 0 Å². The van der Waals surface area contributed by atoms with Crippen molar-refractivity contribution in [1.29, 1.82) is 0 Å². The minimum atomic E-state index is -0.650. The average molecular weight is 242 g/mol. The van der Waals surface area contributed by atoms with Gasteiger partial charge in [-0.05, 0) is 46.6 Å². The van der Waals surface area contributed by atoms with Crippen LogP contribution < -0.4 is 5.32 Å². The van der Waals surface area contributed by atoms with E-state index in [0.717, 1.165) is 25.8 Å². The number of aliphatic hydroxyl groups is 1. The van der Waals surface area contributed by atoms with Crippen molar-refractivity contribution in [2.24, 2.45) is 0 Å². The lowest BCUT2D eigenvalue weighted by Crippen LogP contribution is -2.54. The molecule has 4 heteroatoms. The van der Waals surface area contributed by atoms with E-state index in [1.807, 2.05) is 20.8 Å². The maximum atomic E-state index is 12.0. The fourth-order valence-corrected chi connectivity index (χ4v) is 2.22. The van der Waals surface area contributed by atoms with Crippen LogP contribution in [0.25, 0.3) is 0 Å². The van der Waals surface area contributed by atoms with Crippen molar-refractivity contribution in [3.05, 3.63) is 0 Å². The predicted octanol–water partition coefficient (Wildman–Crippen LogP) is 1.14. The van der Waals surface area contributed by atoms with E-state index in [0.29, 0.717) is 6.54 Å². The monoisotopic (exact) mass is 242 g/mol. The van der Waals surface area contributed by atoms with Crippen LogP contribution in [0.15, 0.2) is 0 Å². The van der Waals surface area contributed by atoms with Gasteiger partial charge in [0.1, 0.15) is 0 Å². The number of carbonyl (C=O) groups excluding carboxylic acids is 1. The Morgan fingerprint density at radius 2 is 2.18 bits per heavy atom. The number of likely N-dealkylation sites (tertiary alicyclic amines) is 1. The molecule has 4 nitrogen and oxygen atoms in total. The molecular formula is C13H26N2O2. The number of amides is 1. The molecule has 0 aromatic carbocycles. The van der Waals surface area contributed by atoms with E-state index < -0.39 is 5.60 Å². The summed E-state index contributed by atoms with van der Waals surface area (Å²) in [6, 6.07) is 0.0611. The van der Waals surface area contributed by atoms with Gasteiger partial charge in [-0.2, -0.15) is 0 Å². The molecule has 100 valence electrons. The molecule has 0 aromatic rings. The highest BCUT2D eigenvalue weighted by Crippen LogP contribution is 2.21. The van der Waals surface area contributed by atoms with Gasteiger partial charge in [-0.3, -0.25) is 9.69 Å². The van der Waals surface area contributed by atoms with Crippen LogP contribution in [0.1, 0.15) is 47.0 Å².